The fourth-order valence-corrected chi connectivity index (χ4v) is 2.46. The Hall–Kier alpha value is -2.34. The van der Waals surface area contributed by atoms with Crippen LogP contribution in [-0.4, -0.2) is 30.4 Å². The number of anilines is 1. The van der Waals surface area contributed by atoms with Crippen molar-refractivity contribution in [2.75, 3.05) is 18.5 Å². The number of aryl methyl sites for hydroxylation is 1. The summed E-state index contributed by atoms with van der Waals surface area (Å²) in [7, 11) is 0. The first-order valence-electron chi connectivity index (χ1n) is 7.75. The first kappa shape index (κ1) is 15.6. The third-order valence-corrected chi connectivity index (χ3v) is 3.61. The highest BCUT2D eigenvalue weighted by atomic mass is 16.5. The summed E-state index contributed by atoms with van der Waals surface area (Å²) in [5, 5.41) is 6.58. The number of rotatable bonds is 6. The lowest BCUT2D eigenvalue weighted by Gasteiger charge is -2.12. The molecule has 2 aromatic rings. The molecule has 0 bridgehead atoms. The summed E-state index contributed by atoms with van der Waals surface area (Å²) in [6.07, 6.45) is 2.51. The van der Waals surface area contributed by atoms with Gasteiger partial charge in [0.15, 0.2) is 0 Å². The Labute approximate surface area is 134 Å². The summed E-state index contributed by atoms with van der Waals surface area (Å²) in [6, 6.07) is 9.05. The summed E-state index contributed by atoms with van der Waals surface area (Å²) in [5.41, 5.74) is 1.48. The number of ether oxygens (including phenoxy) is 2. The molecule has 0 radical (unpaired) electrons. The van der Waals surface area contributed by atoms with E-state index in [0.717, 1.165) is 36.6 Å². The first-order valence-corrected chi connectivity index (χ1v) is 7.75. The van der Waals surface area contributed by atoms with Gasteiger partial charge >= 0.3 is 0 Å². The van der Waals surface area contributed by atoms with Gasteiger partial charge in [-0.05, 0) is 44.0 Å². The molecule has 1 atom stereocenters. The molecule has 0 saturated carbocycles. The van der Waals surface area contributed by atoms with Crippen LogP contribution in [0.5, 0.6) is 5.75 Å². The van der Waals surface area contributed by atoms with E-state index in [4.69, 9.17) is 14.0 Å². The number of aromatic nitrogens is 1. The van der Waals surface area contributed by atoms with Crippen molar-refractivity contribution in [1.29, 1.82) is 0 Å². The van der Waals surface area contributed by atoms with Gasteiger partial charge in [-0.25, -0.2) is 0 Å². The Morgan fingerprint density at radius 1 is 1.39 bits per heavy atom. The van der Waals surface area contributed by atoms with E-state index in [1.807, 2.05) is 31.2 Å². The topological polar surface area (TPSA) is 73.6 Å². The van der Waals surface area contributed by atoms with Crippen LogP contribution in [0.25, 0.3) is 0 Å². The second-order valence-corrected chi connectivity index (χ2v) is 5.63. The molecule has 122 valence electrons. The lowest BCUT2D eigenvalue weighted by Crippen LogP contribution is -2.16. The summed E-state index contributed by atoms with van der Waals surface area (Å²) in [6.45, 7) is 3.21. The molecule has 1 aliphatic rings. The Morgan fingerprint density at radius 3 is 2.87 bits per heavy atom. The van der Waals surface area contributed by atoms with Crippen LogP contribution in [0.15, 0.2) is 34.9 Å². The van der Waals surface area contributed by atoms with E-state index in [-0.39, 0.29) is 18.4 Å². The van der Waals surface area contributed by atoms with E-state index in [9.17, 15) is 4.79 Å². The van der Waals surface area contributed by atoms with Gasteiger partial charge in [-0.3, -0.25) is 4.79 Å². The maximum atomic E-state index is 11.9. The molecule has 6 heteroatoms. The minimum atomic E-state index is -0.144. The molecule has 1 unspecified atom stereocenters. The largest absolute Gasteiger partial charge is 0.491 e. The smallest absolute Gasteiger partial charge is 0.232 e. The van der Waals surface area contributed by atoms with Crippen molar-refractivity contribution < 1.29 is 18.8 Å². The van der Waals surface area contributed by atoms with Crippen LogP contribution in [0.3, 0.4) is 0 Å². The van der Waals surface area contributed by atoms with Gasteiger partial charge in [-0.1, -0.05) is 5.16 Å². The zero-order valence-electron chi connectivity index (χ0n) is 13.1. The number of carbonyl (C=O) groups is 1. The molecule has 0 aliphatic carbocycles. The molecule has 0 spiro atoms. The molecule has 6 nitrogen and oxygen atoms in total. The summed E-state index contributed by atoms with van der Waals surface area (Å²) < 4.78 is 16.2. The number of hydrogen-bond acceptors (Lipinski definition) is 5. The second-order valence-electron chi connectivity index (χ2n) is 5.63. The summed E-state index contributed by atoms with van der Waals surface area (Å²) in [5.74, 6) is 1.18. The summed E-state index contributed by atoms with van der Waals surface area (Å²) >= 11 is 0. The maximum Gasteiger partial charge on any atom is 0.232 e. The first-order chi connectivity index (χ1) is 11.2. The van der Waals surface area contributed by atoms with Gasteiger partial charge in [0, 0.05) is 18.4 Å². The van der Waals surface area contributed by atoms with Gasteiger partial charge in [0.1, 0.15) is 18.1 Å². The summed E-state index contributed by atoms with van der Waals surface area (Å²) in [4.78, 5) is 11.9. The fourth-order valence-electron chi connectivity index (χ4n) is 2.46. The quantitative estimate of drug-likeness (QED) is 0.887. The predicted octanol–water partition coefficient (Wildman–Crippen LogP) is 2.72. The highest BCUT2D eigenvalue weighted by molar-refractivity contribution is 5.91. The van der Waals surface area contributed by atoms with Crippen LogP contribution in [0.4, 0.5) is 5.69 Å². The average molecular weight is 316 g/mol. The van der Waals surface area contributed by atoms with Gasteiger partial charge in [0.25, 0.3) is 0 Å². The third kappa shape index (κ3) is 4.56. The second kappa shape index (κ2) is 7.28. The molecule has 1 fully saturated rings. The molecule has 1 amide bonds. The molecule has 1 N–H and O–H groups in total. The van der Waals surface area contributed by atoms with Crippen LogP contribution in [-0.2, 0) is 16.0 Å². The fraction of sp³-hybridized carbons (Fsp3) is 0.412. The minimum Gasteiger partial charge on any atom is -0.491 e. The van der Waals surface area contributed by atoms with E-state index in [1.54, 1.807) is 6.07 Å². The molecule has 1 saturated heterocycles. The minimum absolute atomic E-state index is 0.144. The van der Waals surface area contributed by atoms with Crippen molar-refractivity contribution in [2.45, 2.75) is 32.3 Å². The standard InChI is InChI=1S/C17H20N2O4/c1-12-9-16(23-19-12)10-17(20)18-13-4-6-14(7-5-13)22-11-15-3-2-8-21-15/h4-7,9,15H,2-3,8,10-11H2,1H3,(H,18,20). The number of nitrogens with zero attached hydrogens (tertiary/aromatic N) is 1. The molecule has 1 aliphatic heterocycles. The number of benzene rings is 1. The highest BCUT2D eigenvalue weighted by Crippen LogP contribution is 2.18. The van der Waals surface area contributed by atoms with Gasteiger partial charge in [0.05, 0.1) is 18.2 Å². The van der Waals surface area contributed by atoms with Gasteiger partial charge in [0.2, 0.25) is 5.91 Å². The van der Waals surface area contributed by atoms with Crippen LogP contribution >= 0.6 is 0 Å². The molecule has 1 aromatic heterocycles. The van der Waals surface area contributed by atoms with Crippen molar-refractivity contribution in [1.82, 2.24) is 5.16 Å². The average Bonchev–Trinajstić information content (AvgIpc) is 3.18. The number of nitrogens with one attached hydrogen (secondary N) is 1. The molecule has 2 heterocycles. The van der Waals surface area contributed by atoms with Gasteiger partial charge in [-0.15, -0.1) is 0 Å². The number of hydrogen-bond donors (Lipinski definition) is 1. The lowest BCUT2D eigenvalue weighted by molar-refractivity contribution is -0.115. The van der Waals surface area contributed by atoms with Crippen LogP contribution in [0.1, 0.15) is 24.3 Å². The van der Waals surface area contributed by atoms with Gasteiger partial charge in [-0.2, -0.15) is 0 Å². The van der Waals surface area contributed by atoms with Crippen molar-refractivity contribution in [2.24, 2.45) is 0 Å². The Kier molecular flexibility index (Phi) is 4.92. The van der Waals surface area contributed by atoms with E-state index < -0.39 is 0 Å². The molecule has 1 aromatic carbocycles. The maximum absolute atomic E-state index is 11.9. The number of amides is 1. The monoisotopic (exact) mass is 316 g/mol. The zero-order chi connectivity index (χ0) is 16.1. The van der Waals surface area contributed by atoms with Crippen molar-refractivity contribution in [3.63, 3.8) is 0 Å². The van der Waals surface area contributed by atoms with Crippen molar-refractivity contribution in [3.05, 3.63) is 41.8 Å². The predicted molar refractivity (Wildman–Crippen MR) is 84.5 cm³/mol. The van der Waals surface area contributed by atoms with Crippen LogP contribution < -0.4 is 10.1 Å². The van der Waals surface area contributed by atoms with Crippen LogP contribution in [0.2, 0.25) is 0 Å². The van der Waals surface area contributed by atoms with E-state index >= 15 is 0 Å². The Morgan fingerprint density at radius 2 is 2.22 bits per heavy atom. The Bertz CT molecular complexity index is 645. The SMILES string of the molecule is Cc1cc(CC(=O)Nc2ccc(OCC3CCCO3)cc2)on1. The molecule has 23 heavy (non-hydrogen) atoms. The lowest BCUT2D eigenvalue weighted by atomic mass is 10.2. The third-order valence-electron chi connectivity index (χ3n) is 3.61. The van der Waals surface area contributed by atoms with E-state index in [2.05, 4.69) is 10.5 Å². The highest BCUT2D eigenvalue weighted by Gasteiger charge is 2.16. The van der Waals surface area contributed by atoms with Crippen LogP contribution in [0, 0.1) is 6.92 Å². The molecular formula is C17H20N2O4. The van der Waals surface area contributed by atoms with Gasteiger partial charge < -0.3 is 19.3 Å². The molecule has 3 rings (SSSR count). The van der Waals surface area contributed by atoms with E-state index in [0.29, 0.717) is 12.4 Å². The van der Waals surface area contributed by atoms with E-state index in [1.165, 1.54) is 0 Å². The molecular weight excluding hydrogens is 296 g/mol. The number of carbonyl (C=O) groups excluding carboxylic acids is 1. The van der Waals surface area contributed by atoms with Crippen molar-refractivity contribution >= 4 is 11.6 Å². The Balaban J connectivity index is 1.47. The zero-order valence-corrected chi connectivity index (χ0v) is 13.1. The normalized spacial score (nSPS) is 17.2. The van der Waals surface area contributed by atoms with Crippen molar-refractivity contribution in [3.8, 4) is 5.75 Å².